The van der Waals surface area contributed by atoms with E-state index in [0.29, 0.717) is 13.2 Å². The van der Waals surface area contributed by atoms with E-state index in [1.807, 2.05) is 18.4 Å². The molecule has 0 amide bonds. The number of hydrogen-bond acceptors (Lipinski definition) is 3. The summed E-state index contributed by atoms with van der Waals surface area (Å²) >= 11 is 1.54. The summed E-state index contributed by atoms with van der Waals surface area (Å²) in [5.41, 5.74) is 7.20. The third kappa shape index (κ3) is 3.57. The molecule has 2 nitrogen and oxygen atoms in total. The van der Waals surface area contributed by atoms with Gasteiger partial charge in [0, 0.05) is 5.56 Å². The van der Waals surface area contributed by atoms with Gasteiger partial charge in [-0.25, -0.2) is 4.39 Å². The minimum Gasteiger partial charge on any atom is -0.485 e. The van der Waals surface area contributed by atoms with Crippen LogP contribution in [0.2, 0.25) is 0 Å². The molecule has 0 bridgehead atoms. The third-order valence-corrected chi connectivity index (χ3v) is 3.41. The van der Waals surface area contributed by atoms with E-state index >= 15 is 0 Å². The van der Waals surface area contributed by atoms with E-state index in [-0.39, 0.29) is 11.6 Å². The van der Waals surface area contributed by atoms with Crippen LogP contribution >= 0.6 is 11.3 Å². The number of thiophene rings is 1. The molecule has 0 aliphatic carbocycles. The minimum atomic E-state index is -0.350. The topological polar surface area (TPSA) is 35.2 Å². The van der Waals surface area contributed by atoms with Crippen LogP contribution in [-0.2, 0) is 6.61 Å². The van der Waals surface area contributed by atoms with Gasteiger partial charge in [-0.1, -0.05) is 17.9 Å². The fourth-order valence-corrected chi connectivity index (χ4v) is 2.32. The average molecular weight is 275 g/mol. The highest BCUT2D eigenvalue weighted by molar-refractivity contribution is 7.10. The molecule has 0 atom stereocenters. The van der Waals surface area contributed by atoms with Crippen molar-refractivity contribution in [1.29, 1.82) is 0 Å². The number of benzene rings is 1. The summed E-state index contributed by atoms with van der Waals surface area (Å²) in [6.45, 7) is 2.53. The molecule has 1 aromatic carbocycles. The fraction of sp³-hybridized carbons (Fsp3) is 0.200. The molecule has 1 aromatic heterocycles. The first-order chi connectivity index (χ1) is 9.20. The van der Waals surface area contributed by atoms with Gasteiger partial charge in [-0.3, -0.25) is 0 Å². The molecule has 19 heavy (non-hydrogen) atoms. The quantitative estimate of drug-likeness (QED) is 0.874. The molecule has 4 heteroatoms. The predicted octanol–water partition coefficient (Wildman–Crippen LogP) is 3.08. The Morgan fingerprint density at radius 1 is 1.37 bits per heavy atom. The molecule has 98 valence electrons. The van der Waals surface area contributed by atoms with Crippen molar-refractivity contribution < 1.29 is 9.13 Å². The second-order valence-electron chi connectivity index (χ2n) is 3.99. The molecule has 2 rings (SSSR count). The molecule has 2 aromatic rings. The predicted molar refractivity (Wildman–Crippen MR) is 75.7 cm³/mol. The molecule has 1 heterocycles. The maximum absolute atomic E-state index is 13.5. The molecule has 0 radical (unpaired) electrons. The van der Waals surface area contributed by atoms with Crippen LogP contribution in [0, 0.1) is 24.6 Å². The molecule has 2 N–H and O–H groups in total. The molecule has 0 aliphatic rings. The van der Waals surface area contributed by atoms with Gasteiger partial charge in [0.05, 0.1) is 11.4 Å². The normalized spacial score (nSPS) is 9.84. The van der Waals surface area contributed by atoms with Crippen molar-refractivity contribution >= 4 is 11.3 Å². The van der Waals surface area contributed by atoms with Crippen LogP contribution in [0.4, 0.5) is 4.39 Å². The molecule has 0 unspecified atom stereocenters. The first kappa shape index (κ1) is 13.6. The van der Waals surface area contributed by atoms with Crippen LogP contribution in [0.5, 0.6) is 5.75 Å². The van der Waals surface area contributed by atoms with E-state index in [1.165, 1.54) is 17.4 Å². The Bertz CT molecular complexity index is 625. The van der Waals surface area contributed by atoms with E-state index < -0.39 is 0 Å². The summed E-state index contributed by atoms with van der Waals surface area (Å²) < 4.78 is 19.1. The molecule has 0 saturated heterocycles. The highest BCUT2D eigenvalue weighted by atomic mass is 32.1. The highest BCUT2D eigenvalue weighted by Crippen LogP contribution is 2.22. The van der Waals surface area contributed by atoms with Gasteiger partial charge >= 0.3 is 0 Å². The molecule has 0 fully saturated rings. The van der Waals surface area contributed by atoms with Gasteiger partial charge in [0.1, 0.15) is 6.61 Å². The SMILES string of the molecule is Cc1ccc(F)c(OCc2sccc2C#CCN)c1. The van der Waals surface area contributed by atoms with Crippen LogP contribution in [0.25, 0.3) is 0 Å². The van der Waals surface area contributed by atoms with Gasteiger partial charge in [-0.15, -0.1) is 11.3 Å². The zero-order valence-electron chi connectivity index (χ0n) is 10.6. The van der Waals surface area contributed by atoms with E-state index in [0.717, 1.165) is 16.0 Å². The minimum absolute atomic E-state index is 0.270. The van der Waals surface area contributed by atoms with E-state index in [4.69, 9.17) is 10.5 Å². The van der Waals surface area contributed by atoms with Gasteiger partial charge in [0.2, 0.25) is 0 Å². The van der Waals surface area contributed by atoms with E-state index in [1.54, 1.807) is 12.1 Å². The molecule has 0 saturated carbocycles. The molecule has 0 spiro atoms. The van der Waals surface area contributed by atoms with Crippen LogP contribution < -0.4 is 10.5 Å². The van der Waals surface area contributed by atoms with Gasteiger partial charge in [0.15, 0.2) is 11.6 Å². The summed E-state index contributed by atoms with van der Waals surface area (Å²) in [5.74, 6) is 5.70. The molecule has 0 aliphatic heterocycles. The number of hydrogen-bond donors (Lipinski definition) is 1. The van der Waals surface area contributed by atoms with Crippen LogP contribution in [0.1, 0.15) is 16.0 Å². The van der Waals surface area contributed by atoms with Crippen molar-refractivity contribution in [2.75, 3.05) is 6.54 Å². The van der Waals surface area contributed by atoms with Crippen molar-refractivity contribution in [2.24, 2.45) is 5.73 Å². The maximum atomic E-state index is 13.5. The van der Waals surface area contributed by atoms with E-state index in [2.05, 4.69) is 11.8 Å². The zero-order chi connectivity index (χ0) is 13.7. The van der Waals surface area contributed by atoms with Gasteiger partial charge in [-0.2, -0.15) is 0 Å². The van der Waals surface area contributed by atoms with Crippen molar-refractivity contribution in [3.63, 3.8) is 0 Å². The van der Waals surface area contributed by atoms with Crippen LogP contribution in [0.15, 0.2) is 29.6 Å². The summed E-state index contributed by atoms with van der Waals surface area (Å²) in [5, 5.41) is 1.94. The Morgan fingerprint density at radius 2 is 2.21 bits per heavy atom. The lowest BCUT2D eigenvalue weighted by Gasteiger charge is -2.07. The van der Waals surface area contributed by atoms with Crippen LogP contribution in [0.3, 0.4) is 0 Å². The fourth-order valence-electron chi connectivity index (χ4n) is 1.57. The number of ether oxygens (including phenoxy) is 1. The Kier molecular flexibility index (Phi) is 4.56. The number of halogens is 1. The Hall–Kier alpha value is -1.83. The second kappa shape index (κ2) is 6.37. The summed E-state index contributed by atoms with van der Waals surface area (Å²) in [6.07, 6.45) is 0. The monoisotopic (exact) mass is 275 g/mol. The molecular weight excluding hydrogens is 261 g/mol. The summed E-state index contributed by atoms with van der Waals surface area (Å²) in [4.78, 5) is 0.974. The largest absolute Gasteiger partial charge is 0.485 e. The molecular formula is C15H14FNOS. The first-order valence-electron chi connectivity index (χ1n) is 5.85. The lowest BCUT2D eigenvalue weighted by molar-refractivity contribution is 0.293. The summed E-state index contributed by atoms with van der Waals surface area (Å²) in [7, 11) is 0. The lowest BCUT2D eigenvalue weighted by Crippen LogP contribution is -1.98. The zero-order valence-corrected chi connectivity index (χ0v) is 11.4. The maximum Gasteiger partial charge on any atom is 0.165 e. The van der Waals surface area contributed by atoms with Crippen molar-refractivity contribution in [1.82, 2.24) is 0 Å². The number of nitrogens with two attached hydrogens (primary N) is 1. The second-order valence-corrected chi connectivity index (χ2v) is 4.99. The first-order valence-corrected chi connectivity index (χ1v) is 6.73. The summed E-state index contributed by atoms with van der Waals surface area (Å²) in [6, 6.07) is 6.73. The smallest absolute Gasteiger partial charge is 0.165 e. The average Bonchev–Trinajstić information content (AvgIpc) is 2.85. The Labute approximate surface area is 116 Å². The van der Waals surface area contributed by atoms with Crippen molar-refractivity contribution in [2.45, 2.75) is 13.5 Å². The van der Waals surface area contributed by atoms with Gasteiger partial charge < -0.3 is 10.5 Å². The number of aryl methyl sites for hydroxylation is 1. The Morgan fingerprint density at radius 3 is 3.00 bits per heavy atom. The Balaban J connectivity index is 2.10. The van der Waals surface area contributed by atoms with Crippen molar-refractivity contribution in [3.05, 3.63) is 51.5 Å². The van der Waals surface area contributed by atoms with Crippen molar-refractivity contribution in [3.8, 4) is 17.6 Å². The third-order valence-electron chi connectivity index (χ3n) is 2.52. The highest BCUT2D eigenvalue weighted by Gasteiger charge is 2.07. The van der Waals surface area contributed by atoms with Gasteiger partial charge in [0.25, 0.3) is 0 Å². The number of rotatable bonds is 3. The lowest BCUT2D eigenvalue weighted by atomic mass is 10.2. The standard InChI is InChI=1S/C15H14FNOS/c1-11-4-5-13(16)14(9-11)18-10-15-12(3-2-7-17)6-8-19-15/h4-6,8-9H,7,10,17H2,1H3. The van der Waals surface area contributed by atoms with Gasteiger partial charge in [-0.05, 0) is 36.1 Å². The van der Waals surface area contributed by atoms with Crippen LogP contribution in [-0.4, -0.2) is 6.54 Å². The van der Waals surface area contributed by atoms with E-state index in [9.17, 15) is 4.39 Å².